The van der Waals surface area contributed by atoms with Crippen molar-refractivity contribution in [2.24, 2.45) is 0 Å². The fourth-order valence-corrected chi connectivity index (χ4v) is 1.28. The van der Waals surface area contributed by atoms with Crippen LogP contribution < -0.4 is 0 Å². The van der Waals surface area contributed by atoms with Gasteiger partial charge in [-0.15, -0.1) is 5.10 Å². The summed E-state index contributed by atoms with van der Waals surface area (Å²) in [5.74, 6) is -0.819. The van der Waals surface area contributed by atoms with E-state index in [4.69, 9.17) is 9.84 Å². The number of carboxylic acids is 1. The lowest BCUT2D eigenvalue weighted by Gasteiger charge is -2.22. The van der Waals surface area contributed by atoms with Crippen molar-refractivity contribution in [1.82, 2.24) is 15.0 Å². The molecule has 0 saturated heterocycles. The molecule has 17 heavy (non-hydrogen) atoms. The van der Waals surface area contributed by atoms with E-state index in [-0.39, 0.29) is 12.0 Å². The van der Waals surface area contributed by atoms with Gasteiger partial charge in [0.25, 0.3) is 0 Å². The first-order valence-corrected chi connectivity index (χ1v) is 5.59. The van der Waals surface area contributed by atoms with E-state index in [1.807, 2.05) is 13.8 Å². The lowest BCUT2D eigenvalue weighted by atomic mass is 10.1. The second-order valence-electron chi connectivity index (χ2n) is 4.58. The Morgan fingerprint density at radius 3 is 2.88 bits per heavy atom. The zero-order chi connectivity index (χ0) is 12.9. The van der Waals surface area contributed by atoms with Crippen molar-refractivity contribution < 1.29 is 14.6 Å². The predicted octanol–water partition coefficient (Wildman–Crippen LogP) is 1.11. The van der Waals surface area contributed by atoms with Gasteiger partial charge in [0, 0.05) is 26.3 Å². The van der Waals surface area contributed by atoms with Crippen LogP contribution in [0.25, 0.3) is 0 Å². The molecule has 0 amide bonds. The van der Waals surface area contributed by atoms with Crippen molar-refractivity contribution in [2.45, 2.75) is 45.3 Å². The molecule has 0 atom stereocenters. The van der Waals surface area contributed by atoms with E-state index in [2.05, 4.69) is 10.3 Å². The maximum atomic E-state index is 10.4. The Balaban J connectivity index is 2.43. The van der Waals surface area contributed by atoms with E-state index < -0.39 is 5.97 Å². The quantitative estimate of drug-likeness (QED) is 0.773. The second kappa shape index (κ2) is 5.77. The number of aliphatic carboxylic acids is 1. The normalized spacial score (nSPS) is 11.7. The molecule has 6 heteroatoms. The SMILES string of the molecule is COC(C)(C)CCn1cc(CCC(=O)O)nn1. The lowest BCUT2D eigenvalue weighted by molar-refractivity contribution is -0.136. The molecule has 96 valence electrons. The number of rotatable bonds is 7. The minimum absolute atomic E-state index is 0.0856. The van der Waals surface area contributed by atoms with Gasteiger partial charge in [-0.1, -0.05) is 5.21 Å². The van der Waals surface area contributed by atoms with Crippen LogP contribution in [-0.4, -0.2) is 38.8 Å². The summed E-state index contributed by atoms with van der Waals surface area (Å²) in [6, 6.07) is 0. The fraction of sp³-hybridized carbons (Fsp3) is 0.727. The van der Waals surface area contributed by atoms with E-state index in [1.165, 1.54) is 0 Å². The Labute approximate surface area is 101 Å². The molecular weight excluding hydrogens is 222 g/mol. The Morgan fingerprint density at radius 2 is 2.29 bits per heavy atom. The molecule has 0 aliphatic rings. The molecule has 1 aromatic rings. The molecule has 0 unspecified atom stereocenters. The first-order chi connectivity index (χ1) is 7.93. The molecular formula is C11H19N3O3. The van der Waals surface area contributed by atoms with Gasteiger partial charge >= 0.3 is 5.97 Å². The summed E-state index contributed by atoms with van der Waals surface area (Å²) in [4.78, 5) is 10.4. The molecule has 0 aliphatic heterocycles. The Hall–Kier alpha value is -1.43. The van der Waals surface area contributed by atoms with Gasteiger partial charge in [0.15, 0.2) is 0 Å². The van der Waals surface area contributed by atoms with E-state index in [0.29, 0.717) is 18.7 Å². The predicted molar refractivity (Wildman–Crippen MR) is 61.7 cm³/mol. The van der Waals surface area contributed by atoms with Gasteiger partial charge in [-0.2, -0.15) is 0 Å². The van der Waals surface area contributed by atoms with Crippen LogP contribution in [0.2, 0.25) is 0 Å². The molecule has 0 radical (unpaired) electrons. The van der Waals surface area contributed by atoms with Crippen LogP contribution in [-0.2, 0) is 22.5 Å². The summed E-state index contributed by atoms with van der Waals surface area (Å²) in [5, 5.41) is 16.4. The van der Waals surface area contributed by atoms with Gasteiger partial charge < -0.3 is 9.84 Å². The first kappa shape index (κ1) is 13.6. The standard InChI is InChI=1S/C11H19N3O3/c1-11(2,17-3)6-7-14-8-9(12-13-14)4-5-10(15)16/h8H,4-7H2,1-3H3,(H,15,16). The Bertz CT molecular complexity index is 374. The summed E-state index contributed by atoms with van der Waals surface area (Å²) in [7, 11) is 1.68. The number of carboxylic acid groups (broad SMARTS) is 1. The Morgan fingerprint density at radius 1 is 1.59 bits per heavy atom. The van der Waals surface area contributed by atoms with Crippen LogP contribution in [0.4, 0.5) is 0 Å². The summed E-state index contributed by atoms with van der Waals surface area (Å²) < 4.78 is 7.03. The van der Waals surface area contributed by atoms with E-state index >= 15 is 0 Å². The highest BCUT2D eigenvalue weighted by Gasteiger charge is 2.16. The van der Waals surface area contributed by atoms with Gasteiger partial charge in [-0.3, -0.25) is 9.48 Å². The zero-order valence-electron chi connectivity index (χ0n) is 10.5. The molecule has 0 fully saturated rings. The largest absolute Gasteiger partial charge is 0.481 e. The molecule has 0 aliphatic carbocycles. The number of hydrogen-bond donors (Lipinski definition) is 1. The molecule has 6 nitrogen and oxygen atoms in total. The molecule has 0 bridgehead atoms. The zero-order valence-corrected chi connectivity index (χ0v) is 10.5. The molecule has 1 heterocycles. The van der Waals surface area contributed by atoms with Crippen LogP contribution in [0, 0.1) is 0 Å². The highest BCUT2D eigenvalue weighted by Crippen LogP contribution is 2.13. The number of ether oxygens (including phenoxy) is 1. The molecule has 0 aromatic carbocycles. The van der Waals surface area contributed by atoms with Crippen molar-refractivity contribution in [3.63, 3.8) is 0 Å². The third-order valence-electron chi connectivity index (χ3n) is 2.68. The topological polar surface area (TPSA) is 77.2 Å². The van der Waals surface area contributed by atoms with Gasteiger partial charge in [0.1, 0.15) is 0 Å². The number of aromatic nitrogens is 3. The highest BCUT2D eigenvalue weighted by atomic mass is 16.5. The van der Waals surface area contributed by atoms with Crippen molar-refractivity contribution >= 4 is 5.97 Å². The first-order valence-electron chi connectivity index (χ1n) is 5.59. The van der Waals surface area contributed by atoms with Gasteiger partial charge in [0.05, 0.1) is 17.7 Å². The average molecular weight is 241 g/mol. The van der Waals surface area contributed by atoms with Crippen LogP contribution in [0.5, 0.6) is 0 Å². The van der Waals surface area contributed by atoms with E-state index in [9.17, 15) is 4.79 Å². The smallest absolute Gasteiger partial charge is 0.303 e. The van der Waals surface area contributed by atoms with Crippen LogP contribution in [0.15, 0.2) is 6.20 Å². The molecule has 1 aromatic heterocycles. The molecule has 1 rings (SSSR count). The number of aryl methyl sites for hydroxylation is 2. The van der Waals surface area contributed by atoms with E-state index in [1.54, 1.807) is 18.0 Å². The third-order valence-corrected chi connectivity index (χ3v) is 2.68. The fourth-order valence-electron chi connectivity index (χ4n) is 1.28. The molecule has 0 spiro atoms. The highest BCUT2D eigenvalue weighted by molar-refractivity contribution is 5.66. The summed E-state index contributed by atoms with van der Waals surface area (Å²) in [6.45, 7) is 4.73. The lowest BCUT2D eigenvalue weighted by Crippen LogP contribution is -2.24. The summed E-state index contributed by atoms with van der Waals surface area (Å²) in [6.07, 6.45) is 3.12. The molecule has 1 N–H and O–H groups in total. The van der Waals surface area contributed by atoms with Crippen LogP contribution in [0.1, 0.15) is 32.4 Å². The number of nitrogens with zero attached hydrogens (tertiary/aromatic N) is 3. The Kier molecular flexibility index (Phi) is 4.62. The van der Waals surface area contributed by atoms with Gasteiger partial charge in [-0.05, 0) is 20.3 Å². The monoisotopic (exact) mass is 241 g/mol. The number of methoxy groups -OCH3 is 1. The van der Waals surface area contributed by atoms with Crippen molar-refractivity contribution in [2.75, 3.05) is 7.11 Å². The average Bonchev–Trinajstić information content (AvgIpc) is 2.72. The number of carbonyl (C=O) groups is 1. The van der Waals surface area contributed by atoms with Crippen LogP contribution >= 0.6 is 0 Å². The third kappa shape index (κ3) is 4.95. The minimum atomic E-state index is -0.819. The maximum Gasteiger partial charge on any atom is 0.303 e. The van der Waals surface area contributed by atoms with E-state index in [0.717, 1.165) is 6.42 Å². The van der Waals surface area contributed by atoms with Crippen molar-refractivity contribution in [3.8, 4) is 0 Å². The second-order valence-corrected chi connectivity index (χ2v) is 4.58. The van der Waals surface area contributed by atoms with Gasteiger partial charge in [0.2, 0.25) is 0 Å². The maximum absolute atomic E-state index is 10.4. The summed E-state index contributed by atoms with van der Waals surface area (Å²) in [5.41, 5.74) is 0.523. The summed E-state index contributed by atoms with van der Waals surface area (Å²) >= 11 is 0. The van der Waals surface area contributed by atoms with Crippen LogP contribution in [0.3, 0.4) is 0 Å². The van der Waals surface area contributed by atoms with Crippen molar-refractivity contribution in [3.05, 3.63) is 11.9 Å². The minimum Gasteiger partial charge on any atom is -0.481 e. The number of hydrogen-bond acceptors (Lipinski definition) is 4. The van der Waals surface area contributed by atoms with Gasteiger partial charge in [-0.25, -0.2) is 0 Å². The molecule has 0 saturated carbocycles. The van der Waals surface area contributed by atoms with Crippen molar-refractivity contribution in [1.29, 1.82) is 0 Å².